The Morgan fingerprint density at radius 3 is 2.17 bits per heavy atom. The highest BCUT2D eigenvalue weighted by atomic mass is 79.9. The van der Waals surface area contributed by atoms with Gasteiger partial charge in [-0.3, -0.25) is 0 Å². The molecule has 0 N–H and O–H groups in total. The SMILES string of the molecule is Cn1c(Br)cc2c3ccc4cc5ccccc5cc4c3ccc21. The predicted octanol–water partition coefficient (Wildman–Crippen LogP) is 6.40. The van der Waals surface area contributed by atoms with Gasteiger partial charge in [0, 0.05) is 18.0 Å². The second-order valence-corrected chi connectivity index (χ2v) is 6.92. The lowest BCUT2D eigenvalue weighted by atomic mass is 9.97. The third kappa shape index (κ3) is 1.79. The van der Waals surface area contributed by atoms with Crippen molar-refractivity contribution in [1.82, 2.24) is 4.57 Å². The van der Waals surface area contributed by atoms with E-state index in [0.717, 1.165) is 4.60 Å². The lowest BCUT2D eigenvalue weighted by Gasteiger charge is -2.08. The molecule has 0 unspecified atom stereocenters. The summed E-state index contributed by atoms with van der Waals surface area (Å²) in [5, 5.41) is 9.13. The minimum Gasteiger partial charge on any atom is -0.338 e. The number of nitrogens with zero attached hydrogens (tertiary/aromatic N) is 1. The van der Waals surface area contributed by atoms with Gasteiger partial charge in [-0.25, -0.2) is 0 Å². The van der Waals surface area contributed by atoms with Gasteiger partial charge in [-0.05, 0) is 72.5 Å². The maximum absolute atomic E-state index is 3.64. The van der Waals surface area contributed by atoms with Crippen LogP contribution in [0.2, 0.25) is 0 Å². The monoisotopic (exact) mass is 359 g/mol. The van der Waals surface area contributed by atoms with E-state index < -0.39 is 0 Å². The molecular formula is C21H14BrN. The van der Waals surface area contributed by atoms with Crippen molar-refractivity contribution < 1.29 is 0 Å². The molecule has 0 radical (unpaired) electrons. The van der Waals surface area contributed by atoms with Crippen LogP contribution in [0.15, 0.2) is 71.3 Å². The number of hydrogen-bond donors (Lipinski definition) is 0. The molecule has 23 heavy (non-hydrogen) atoms. The van der Waals surface area contributed by atoms with Crippen molar-refractivity contribution in [3.63, 3.8) is 0 Å². The summed E-state index contributed by atoms with van der Waals surface area (Å²) in [4.78, 5) is 0. The topological polar surface area (TPSA) is 4.93 Å². The van der Waals surface area contributed by atoms with Gasteiger partial charge >= 0.3 is 0 Å². The normalized spacial score (nSPS) is 11.9. The molecule has 0 atom stereocenters. The van der Waals surface area contributed by atoms with Crippen LogP contribution in [-0.4, -0.2) is 4.57 Å². The van der Waals surface area contributed by atoms with E-state index in [1.165, 1.54) is 43.2 Å². The maximum Gasteiger partial charge on any atom is 0.0854 e. The lowest BCUT2D eigenvalue weighted by molar-refractivity contribution is 0.941. The third-order valence-corrected chi connectivity index (χ3v) is 5.61. The van der Waals surface area contributed by atoms with Crippen LogP contribution in [0.25, 0.3) is 43.2 Å². The van der Waals surface area contributed by atoms with Crippen molar-refractivity contribution in [2.75, 3.05) is 0 Å². The van der Waals surface area contributed by atoms with Crippen LogP contribution in [0.4, 0.5) is 0 Å². The molecule has 1 nitrogen and oxygen atoms in total. The van der Waals surface area contributed by atoms with E-state index in [4.69, 9.17) is 0 Å². The Labute approximate surface area is 142 Å². The zero-order valence-electron chi connectivity index (χ0n) is 12.7. The van der Waals surface area contributed by atoms with E-state index in [0.29, 0.717) is 0 Å². The van der Waals surface area contributed by atoms with Gasteiger partial charge in [-0.1, -0.05) is 42.5 Å². The molecule has 5 aromatic rings. The molecule has 0 aliphatic rings. The number of rotatable bonds is 0. The smallest absolute Gasteiger partial charge is 0.0854 e. The highest BCUT2D eigenvalue weighted by Gasteiger charge is 2.09. The molecule has 0 saturated carbocycles. The van der Waals surface area contributed by atoms with Crippen LogP contribution in [0, 0.1) is 0 Å². The van der Waals surface area contributed by atoms with Gasteiger partial charge in [0.1, 0.15) is 0 Å². The number of halogens is 1. The zero-order valence-corrected chi connectivity index (χ0v) is 14.3. The van der Waals surface area contributed by atoms with Gasteiger partial charge in [0.05, 0.1) is 4.60 Å². The van der Waals surface area contributed by atoms with E-state index in [1.54, 1.807) is 0 Å². The van der Waals surface area contributed by atoms with E-state index in [9.17, 15) is 0 Å². The van der Waals surface area contributed by atoms with Crippen LogP contribution in [0.5, 0.6) is 0 Å². The van der Waals surface area contributed by atoms with E-state index in [1.807, 2.05) is 0 Å². The number of hydrogen-bond acceptors (Lipinski definition) is 0. The molecule has 0 aliphatic carbocycles. The summed E-state index contributed by atoms with van der Waals surface area (Å²) in [7, 11) is 2.09. The fraction of sp³-hybridized carbons (Fsp3) is 0.0476. The predicted molar refractivity (Wildman–Crippen MR) is 103 cm³/mol. The number of fused-ring (bicyclic) bond motifs is 6. The lowest BCUT2D eigenvalue weighted by Crippen LogP contribution is -1.86. The van der Waals surface area contributed by atoms with E-state index >= 15 is 0 Å². The van der Waals surface area contributed by atoms with Crippen molar-refractivity contribution in [3.8, 4) is 0 Å². The standard InChI is InChI=1S/C21H14BrN/c1-23-20-9-8-16-17(19(20)12-21(23)22)7-6-15-10-13-4-2-3-5-14(13)11-18(15)16/h2-12H,1H3. The first-order chi connectivity index (χ1) is 11.2. The fourth-order valence-corrected chi connectivity index (χ4v) is 4.04. The first-order valence-corrected chi connectivity index (χ1v) is 8.51. The minimum absolute atomic E-state index is 1.11. The first kappa shape index (κ1) is 13.1. The Morgan fingerprint density at radius 2 is 1.35 bits per heavy atom. The summed E-state index contributed by atoms with van der Waals surface area (Å²) in [5.74, 6) is 0. The van der Waals surface area contributed by atoms with Gasteiger partial charge in [0.25, 0.3) is 0 Å². The van der Waals surface area contributed by atoms with Gasteiger partial charge in [-0.15, -0.1) is 0 Å². The maximum atomic E-state index is 3.64. The third-order valence-electron chi connectivity index (χ3n) is 4.85. The molecule has 0 bridgehead atoms. The molecule has 0 spiro atoms. The molecule has 0 saturated heterocycles. The molecule has 1 aromatic heterocycles. The van der Waals surface area contributed by atoms with Crippen LogP contribution in [-0.2, 0) is 7.05 Å². The molecule has 4 aromatic carbocycles. The summed E-state index contributed by atoms with van der Waals surface area (Å²) in [5.41, 5.74) is 1.25. The number of aryl methyl sites for hydroxylation is 1. The van der Waals surface area contributed by atoms with E-state index in [-0.39, 0.29) is 0 Å². The highest BCUT2D eigenvalue weighted by Crippen LogP contribution is 2.35. The van der Waals surface area contributed by atoms with Crippen molar-refractivity contribution in [2.45, 2.75) is 0 Å². The molecule has 2 heteroatoms. The average Bonchev–Trinajstić information content (AvgIpc) is 2.87. The first-order valence-electron chi connectivity index (χ1n) is 7.71. The van der Waals surface area contributed by atoms with Crippen molar-refractivity contribution in [1.29, 1.82) is 0 Å². The van der Waals surface area contributed by atoms with Crippen LogP contribution in [0.1, 0.15) is 0 Å². The second-order valence-electron chi connectivity index (χ2n) is 6.11. The van der Waals surface area contributed by atoms with Gasteiger partial charge < -0.3 is 4.57 Å². The quantitative estimate of drug-likeness (QED) is 0.222. The molecule has 110 valence electrons. The van der Waals surface area contributed by atoms with Gasteiger partial charge in [-0.2, -0.15) is 0 Å². The molecule has 0 fully saturated rings. The van der Waals surface area contributed by atoms with Crippen LogP contribution < -0.4 is 0 Å². The zero-order chi connectivity index (χ0) is 15.6. The van der Waals surface area contributed by atoms with Crippen molar-refractivity contribution in [2.24, 2.45) is 7.05 Å². The summed E-state index contributed by atoms with van der Waals surface area (Å²) in [6, 6.07) is 24.3. The van der Waals surface area contributed by atoms with Gasteiger partial charge in [0.2, 0.25) is 0 Å². The van der Waals surface area contributed by atoms with Crippen molar-refractivity contribution in [3.05, 3.63) is 71.3 Å². The van der Waals surface area contributed by atoms with E-state index in [2.05, 4.69) is 94.3 Å². The molecule has 5 rings (SSSR count). The minimum atomic E-state index is 1.11. The summed E-state index contributed by atoms with van der Waals surface area (Å²) < 4.78 is 3.29. The summed E-state index contributed by atoms with van der Waals surface area (Å²) in [6.45, 7) is 0. The number of benzene rings is 4. The molecule has 0 amide bonds. The molecular weight excluding hydrogens is 346 g/mol. The Balaban J connectivity index is 2.00. The van der Waals surface area contributed by atoms with Crippen LogP contribution in [0.3, 0.4) is 0 Å². The second kappa shape index (κ2) is 4.59. The largest absolute Gasteiger partial charge is 0.338 e. The summed E-state index contributed by atoms with van der Waals surface area (Å²) in [6.07, 6.45) is 0. The molecule has 0 aliphatic heterocycles. The highest BCUT2D eigenvalue weighted by molar-refractivity contribution is 9.10. The van der Waals surface area contributed by atoms with Crippen molar-refractivity contribution >= 4 is 59.2 Å². The van der Waals surface area contributed by atoms with Crippen LogP contribution >= 0.6 is 15.9 Å². The Hall–Kier alpha value is -2.32. The number of aromatic nitrogens is 1. The fourth-order valence-electron chi connectivity index (χ4n) is 3.62. The summed E-state index contributed by atoms with van der Waals surface area (Å²) >= 11 is 3.64. The van der Waals surface area contributed by atoms with Gasteiger partial charge in [0.15, 0.2) is 0 Å². The Morgan fingerprint density at radius 1 is 0.652 bits per heavy atom. The Bertz CT molecular complexity index is 1230. The molecule has 1 heterocycles. The Kier molecular flexibility index (Phi) is 2.62. The average molecular weight is 360 g/mol.